The van der Waals surface area contributed by atoms with E-state index < -0.39 is 11.2 Å². The molecule has 0 radical (unpaired) electrons. The van der Waals surface area contributed by atoms with Crippen LogP contribution in [0.15, 0.2) is 42.5 Å². The number of amides is 2. The maximum Gasteiger partial charge on any atom is 0.254 e. The van der Waals surface area contributed by atoms with Gasteiger partial charge in [-0.25, -0.2) is 4.39 Å². The van der Waals surface area contributed by atoms with Crippen LogP contribution >= 0.6 is 0 Å². The van der Waals surface area contributed by atoms with E-state index in [2.05, 4.69) is 0 Å². The summed E-state index contributed by atoms with van der Waals surface area (Å²) in [4.78, 5) is 29.1. The lowest BCUT2D eigenvalue weighted by molar-refractivity contribution is -0.122. The molecule has 0 bridgehead atoms. The van der Waals surface area contributed by atoms with Gasteiger partial charge in [0.15, 0.2) is 0 Å². The average molecular weight is 354 g/mol. The largest absolute Gasteiger partial charge is 0.497 e. The van der Waals surface area contributed by atoms with Crippen molar-refractivity contribution in [2.45, 2.75) is 11.8 Å². The van der Waals surface area contributed by atoms with E-state index in [0.717, 1.165) is 11.3 Å². The smallest absolute Gasteiger partial charge is 0.254 e. The molecular formula is C20H19FN2O3. The Labute approximate surface area is 151 Å². The van der Waals surface area contributed by atoms with E-state index in [1.165, 1.54) is 18.2 Å². The van der Waals surface area contributed by atoms with Crippen molar-refractivity contribution in [1.29, 1.82) is 0 Å². The fraction of sp³-hybridized carbons (Fsp3) is 0.300. The molecule has 0 aromatic heterocycles. The average Bonchev–Trinajstić information content (AvgIpc) is 3.19. The molecule has 2 aliphatic rings. The van der Waals surface area contributed by atoms with E-state index in [1.807, 2.05) is 18.2 Å². The van der Waals surface area contributed by atoms with E-state index >= 15 is 0 Å². The second-order valence-corrected chi connectivity index (χ2v) is 6.82. The van der Waals surface area contributed by atoms with Crippen molar-refractivity contribution >= 4 is 17.5 Å². The summed E-state index contributed by atoms with van der Waals surface area (Å²) < 4.78 is 18.8. The van der Waals surface area contributed by atoms with E-state index in [9.17, 15) is 14.0 Å². The Balaban J connectivity index is 1.69. The van der Waals surface area contributed by atoms with Gasteiger partial charge < -0.3 is 14.5 Å². The van der Waals surface area contributed by atoms with Crippen molar-refractivity contribution in [3.63, 3.8) is 0 Å². The highest BCUT2D eigenvalue weighted by molar-refractivity contribution is 6.09. The number of methoxy groups -OCH3 is 1. The van der Waals surface area contributed by atoms with Gasteiger partial charge in [0, 0.05) is 31.4 Å². The van der Waals surface area contributed by atoms with E-state index in [1.54, 1.807) is 30.0 Å². The quantitative estimate of drug-likeness (QED) is 0.833. The lowest BCUT2D eigenvalue weighted by Crippen LogP contribution is -2.42. The third kappa shape index (κ3) is 2.29. The van der Waals surface area contributed by atoms with Crippen LogP contribution in [0.4, 0.5) is 10.1 Å². The number of hydrogen-bond acceptors (Lipinski definition) is 3. The third-order valence-electron chi connectivity index (χ3n) is 5.42. The van der Waals surface area contributed by atoms with Gasteiger partial charge in [0.2, 0.25) is 5.91 Å². The topological polar surface area (TPSA) is 49.9 Å². The molecule has 2 aromatic rings. The summed E-state index contributed by atoms with van der Waals surface area (Å²) in [5.41, 5.74) is 1.27. The SMILES string of the molecule is COc1ccc2c(c1)[C@@]1(CCN(C(=O)c3cccc(F)c3)C1)C(=O)N2C. The third-order valence-corrected chi connectivity index (χ3v) is 5.42. The lowest BCUT2D eigenvalue weighted by Gasteiger charge is -2.23. The number of halogens is 1. The predicted octanol–water partition coefficient (Wildman–Crippen LogP) is 2.59. The van der Waals surface area contributed by atoms with Crippen molar-refractivity contribution < 1.29 is 18.7 Å². The van der Waals surface area contributed by atoms with Crippen LogP contribution in [0.5, 0.6) is 5.75 Å². The number of likely N-dealkylation sites (tertiary alicyclic amines) is 1. The van der Waals surface area contributed by atoms with Gasteiger partial charge >= 0.3 is 0 Å². The van der Waals surface area contributed by atoms with Gasteiger partial charge in [-0.3, -0.25) is 9.59 Å². The molecule has 1 saturated heterocycles. The zero-order valence-electron chi connectivity index (χ0n) is 14.7. The molecule has 0 unspecified atom stereocenters. The van der Waals surface area contributed by atoms with E-state index in [-0.39, 0.29) is 18.4 Å². The molecule has 26 heavy (non-hydrogen) atoms. The molecular weight excluding hydrogens is 335 g/mol. The van der Waals surface area contributed by atoms with Crippen molar-refractivity contribution in [2.24, 2.45) is 0 Å². The zero-order chi connectivity index (χ0) is 18.5. The second-order valence-electron chi connectivity index (χ2n) is 6.82. The predicted molar refractivity (Wildman–Crippen MR) is 95.0 cm³/mol. The Kier molecular flexibility index (Phi) is 3.72. The number of benzene rings is 2. The minimum absolute atomic E-state index is 0.0182. The molecule has 4 rings (SSSR count). The van der Waals surface area contributed by atoms with Gasteiger partial charge in [0.05, 0.1) is 12.5 Å². The highest BCUT2D eigenvalue weighted by atomic mass is 19.1. The number of carbonyl (C=O) groups excluding carboxylic acids is 2. The van der Waals surface area contributed by atoms with Crippen molar-refractivity contribution in [1.82, 2.24) is 4.90 Å². The fourth-order valence-electron chi connectivity index (χ4n) is 4.05. The minimum atomic E-state index is -0.762. The van der Waals surface area contributed by atoms with E-state index in [0.29, 0.717) is 24.3 Å². The lowest BCUT2D eigenvalue weighted by atomic mass is 9.81. The molecule has 0 N–H and O–H groups in total. The van der Waals surface area contributed by atoms with Gasteiger partial charge in [-0.15, -0.1) is 0 Å². The number of anilines is 1. The normalized spacial score (nSPS) is 21.4. The van der Waals surface area contributed by atoms with Crippen LogP contribution in [0.1, 0.15) is 22.3 Å². The van der Waals surface area contributed by atoms with Crippen LogP contribution in [0.3, 0.4) is 0 Å². The molecule has 2 aromatic carbocycles. The van der Waals surface area contributed by atoms with Crippen LogP contribution in [-0.2, 0) is 10.2 Å². The second kappa shape index (κ2) is 5.83. The first-order valence-corrected chi connectivity index (χ1v) is 8.48. The van der Waals surface area contributed by atoms with Crippen LogP contribution < -0.4 is 9.64 Å². The van der Waals surface area contributed by atoms with Crippen molar-refractivity contribution in [3.8, 4) is 5.75 Å². The summed E-state index contributed by atoms with van der Waals surface area (Å²) in [7, 11) is 3.34. The molecule has 134 valence electrons. The van der Waals surface area contributed by atoms with Crippen LogP contribution in [-0.4, -0.2) is 44.0 Å². The Morgan fingerprint density at radius 3 is 2.77 bits per heavy atom. The van der Waals surface area contributed by atoms with Gasteiger partial charge in [-0.2, -0.15) is 0 Å². The molecule has 2 amide bonds. The maximum atomic E-state index is 13.5. The summed E-state index contributed by atoms with van der Waals surface area (Å²) in [6.07, 6.45) is 0.539. The van der Waals surface area contributed by atoms with Crippen LogP contribution in [0, 0.1) is 5.82 Å². The number of carbonyl (C=O) groups is 2. The molecule has 2 aliphatic heterocycles. The number of ether oxygens (including phenoxy) is 1. The Bertz CT molecular complexity index is 914. The van der Waals surface area contributed by atoms with Gasteiger partial charge in [0.1, 0.15) is 11.6 Å². The molecule has 6 heteroatoms. The molecule has 5 nitrogen and oxygen atoms in total. The summed E-state index contributed by atoms with van der Waals surface area (Å²) in [5, 5.41) is 0. The first kappa shape index (κ1) is 16.6. The maximum absolute atomic E-state index is 13.5. The monoisotopic (exact) mass is 354 g/mol. The summed E-state index contributed by atoms with van der Waals surface area (Å²) in [6.45, 7) is 0.733. The Hall–Kier alpha value is -2.89. The standard InChI is InChI=1S/C20H19FN2O3/c1-22-17-7-6-15(26-2)11-16(17)20(19(22)25)8-9-23(12-20)18(24)13-4-3-5-14(21)10-13/h3-7,10-11H,8-9,12H2,1-2H3/t20-/m0/s1. The zero-order valence-corrected chi connectivity index (χ0v) is 14.7. The molecule has 0 saturated carbocycles. The van der Waals surface area contributed by atoms with Crippen molar-refractivity contribution in [3.05, 3.63) is 59.4 Å². The Morgan fingerprint density at radius 2 is 2.04 bits per heavy atom. The van der Waals surface area contributed by atoms with Crippen LogP contribution in [0.2, 0.25) is 0 Å². The Morgan fingerprint density at radius 1 is 1.23 bits per heavy atom. The fourth-order valence-corrected chi connectivity index (χ4v) is 4.05. The number of hydrogen-bond donors (Lipinski definition) is 0. The van der Waals surface area contributed by atoms with Gasteiger partial charge in [-0.05, 0) is 48.4 Å². The minimum Gasteiger partial charge on any atom is -0.497 e. The number of likely N-dealkylation sites (N-methyl/N-ethyl adjacent to an activating group) is 1. The highest BCUT2D eigenvalue weighted by Crippen LogP contribution is 2.48. The number of fused-ring (bicyclic) bond motifs is 2. The highest BCUT2D eigenvalue weighted by Gasteiger charge is 2.54. The van der Waals surface area contributed by atoms with Crippen LogP contribution in [0.25, 0.3) is 0 Å². The van der Waals surface area contributed by atoms with Crippen molar-refractivity contribution in [2.75, 3.05) is 32.1 Å². The molecule has 1 fully saturated rings. The summed E-state index contributed by atoms with van der Waals surface area (Å²) in [5.74, 6) is -0.0406. The molecule has 1 spiro atoms. The van der Waals surface area contributed by atoms with Gasteiger partial charge in [0.25, 0.3) is 5.91 Å². The summed E-state index contributed by atoms with van der Waals surface area (Å²) in [6, 6.07) is 11.2. The van der Waals surface area contributed by atoms with E-state index in [4.69, 9.17) is 4.74 Å². The first-order chi connectivity index (χ1) is 12.5. The molecule has 0 aliphatic carbocycles. The summed E-state index contributed by atoms with van der Waals surface area (Å²) >= 11 is 0. The molecule has 1 atom stereocenters. The number of nitrogens with zero attached hydrogens (tertiary/aromatic N) is 2. The molecule has 2 heterocycles. The van der Waals surface area contributed by atoms with Gasteiger partial charge in [-0.1, -0.05) is 6.07 Å². The number of rotatable bonds is 2. The first-order valence-electron chi connectivity index (χ1n) is 8.48.